The summed E-state index contributed by atoms with van der Waals surface area (Å²) in [6.07, 6.45) is 0.272. The minimum atomic E-state index is -1.08. The molecule has 0 aliphatic rings. The molecule has 2 rings (SSSR count). The van der Waals surface area contributed by atoms with E-state index in [1.54, 1.807) is 6.92 Å². The molecule has 1 N–H and O–H groups in total. The molecule has 19 heavy (non-hydrogen) atoms. The van der Waals surface area contributed by atoms with Gasteiger partial charge in [-0.15, -0.1) is 0 Å². The Hall–Kier alpha value is -1.38. The molecule has 0 aliphatic heterocycles. The molecule has 3 heteroatoms. The molecule has 1 unspecified atom stereocenters. The van der Waals surface area contributed by atoms with Crippen LogP contribution in [0, 0.1) is 12.7 Å². The van der Waals surface area contributed by atoms with Crippen molar-refractivity contribution in [3.05, 3.63) is 70.0 Å². The highest BCUT2D eigenvalue weighted by Gasteiger charge is 2.26. The summed E-state index contributed by atoms with van der Waals surface area (Å²) in [5.41, 5.74) is 1.35. The average Bonchev–Trinajstić information content (AvgIpc) is 2.34. The Morgan fingerprint density at radius 2 is 1.89 bits per heavy atom. The molecule has 0 bridgehead atoms. The zero-order chi connectivity index (χ0) is 14.0. The molecule has 0 heterocycles. The molecule has 1 nitrogen and oxygen atoms in total. The lowest BCUT2D eigenvalue weighted by Gasteiger charge is -2.26. The summed E-state index contributed by atoms with van der Waals surface area (Å²) >= 11 is 6.05. The van der Waals surface area contributed by atoms with Crippen molar-refractivity contribution in [1.82, 2.24) is 0 Å². The van der Waals surface area contributed by atoms with Crippen molar-refractivity contribution in [3.63, 3.8) is 0 Å². The van der Waals surface area contributed by atoms with Crippen LogP contribution < -0.4 is 0 Å². The second kappa shape index (κ2) is 5.32. The van der Waals surface area contributed by atoms with E-state index in [1.165, 1.54) is 18.2 Å². The number of hydrogen-bond acceptors (Lipinski definition) is 1. The SMILES string of the molecule is Cc1ccccc1C(C)(O)Cc1cc(F)ccc1Cl. The van der Waals surface area contributed by atoms with E-state index >= 15 is 0 Å². The molecule has 0 saturated heterocycles. The van der Waals surface area contributed by atoms with Gasteiger partial charge >= 0.3 is 0 Å². The second-order valence-corrected chi connectivity index (χ2v) is 5.41. The Balaban J connectivity index is 2.36. The van der Waals surface area contributed by atoms with Crippen LogP contribution in [-0.4, -0.2) is 5.11 Å². The van der Waals surface area contributed by atoms with Crippen LogP contribution in [0.3, 0.4) is 0 Å². The van der Waals surface area contributed by atoms with Crippen molar-refractivity contribution in [2.24, 2.45) is 0 Å². The Bertz CT molecular complexity index is 593. The fourth-order valence-electron chi connectivity index (χ4n) is 2.32. The van der Waals surface area contributed by atoms with Gasteiger partial charge in [0.05, 0.1) is 5.60 Å². The maximum absolute atomic E-state index is 13.3. The monoisotopic (exact) mass is 278 g/mol. The lowest BCUT2D eigenvalue weighted by atomic mass is 9.86. The standard InChI is InChI=1S/C16H16ClFO/c1-11-5-3-4-6-14(11)16(2,19)10-12-9-13(18)7-8-15(12)17/h3-9,19H,10H2,1-2H3. The first-order valence-electron chi connectivity index (χ1n) is 6.12. The van der Waals surface area contributed by atoms with E-state index in [2.05, 4.69) is 0 Å². The molecule has 2 aromatic rings. The third-order valence-corrected chi connectivity index (χ3v) is 3.64. The summed E-state index contributed by atoms with van der Waals surface area (Å²) in [7, 11) is 0. The largest absolute Gasteiger partial charge is 0.385 e. The van der Waals surface area contributed by atoms with Gasteiger partial charge in [0.2, 0.25) is 0 Å². The Morgan fingerprint density at radius 1 is 1.21 bits per heavy atom. The number of rotatable bonds is 3. The fourth-order valence-corrected chi connectivity index (χ4v) is 2.51. The first-order chi connectivity index (χ1) is 8.90. The number of aryl methyl sites for hydroxylation is 1. The van der Waals surface area contributed by atoms with Crippen LogP contribution in [0.1, 0.15) is 23.6 Å². The number of hydrogen-bond donors (Lipinski definition) is 1. The zero-order valence-corrected chi connectivity index (χ0v) is 11.7. The van der Waals surface area contributed by atoms with E-state index in [9.17, 15) is 9.50 Å². The topological polar surface area (TPSA) is 20.2 Å². The van der Waals surface area contributed by atoms with E-state index < -0.39 is 5.60 Å². The van der Waals surface area contributed by atoms with Crippen molar-refractivity contribution in [2.45, 2.75) is 25.9 Å². The summed E-state index contributed by atoms with van der Waals surface area (Å²) in [5.74, 6) is -0.347. The van der Waals surface area contributed by atoms with E-state index in [0.29, 0.717) is 10.6 Å². The predicted molar refractivity (Wildman–Crippen MR) is 75.9 cm³/mol. The zero-order valence-electron chi connectivity index (χ0n) is 11.0. The third kappa shape index (κ3) is 3.14. The van der Waals surface area contributed by atoms with Crippen LogP contribution in [0.5, 0.6) is 0 Å². The Morgan fingerprint density at radius 3 is 2.58 bits per heavy atom. The summed E-state index contributed by atoms with van der Waals surface area (Å²) in [4.78, 5) is 0. The average molecular weight is 279 g/mol. The molecule has 0 aromatic heterocycles. The highest BCUT2D eigenvalue weighted by molar-refractivity contribution is 6.31. The summed E-state index contributed by atoms with van der Waals surface area (Å²) in [6, 6.07) is 11.8. The Labute approximate surface area is 117 Å². The van der Waals surface area contributed by atoms with Crippen molar-refractivity contribution >= 4 is 11.6 Å². The van der Waals surface area contributed by atoms with Crippen molar-refractivity contribution in [2.75, 3.05) is 0 Å². The minimum absolute atomic E-state index is 0.272. The quantitative estimate of drug-likeness (QED) is 0.890. The van der Waals surface area contributed by atoms with Crippen LogP contribution >= 0.6 is 11.6 Å². The smallest absolute Gasteiger partial charge is 0.123 e. The molecule has 0 saturated carbocycles. The van der Waals surface area contributed by atoms with Gasteiger partial charge in [-0.25, -0.2) is 4.39 Å². The number of benzene rings is 2. The maximum atomic E-state index is 13.3. The fraction of sp³-hybridized carbons (Fsp3) is 0.250. The van der Waals surface area contributed by atoms with E-state index in [4.69, 9.17) is 11.6 Å². The molecular formula is C16H16ClFO. The minimum Gasteiger partial charge on any atom is -0.385 e. The van der Waals surface area contributed by atoms with Crippen LogP contribution in [-0.2, 0) is 12.0 Å². The molecule has 0 aliphatic carbocycles. The highest BCUT2D eigenvalue weighted by atomic mass is 35.5. The van der Waals surface area contributed by atoms with E-state index in [0.717, 1.165) is 11.1 Å². The van der Waals surface area contributed by atoms with E-state index in [-0.39, 0.29) is 12.2 Å². The van der Waals surface area contributed by atoms with Gasteiger partial charge in [-0.2, -0.15) is 0 Å². The van der Waals surface area contributed by atoms with Crippen molar-refractivity contribution < 1.29 is 9.50 Å². The molecule has 0 amide bonds. The summed E-state index contributed by atoms with van der Waals surface area (Å²) in [5, 5.41) is 11.1. The van der Waals surface area contributed by atoms with Gasteiger partial charge in [0, 0.05) is 11.4 Å². The predicted octanol–water partition coefficient (Wildman–Crippen LogP) is 4.24. The van der Waals surface area contributed by atoms with Gasteiger partial charge in [0.15, 0.2) is 0 Å². The molecule has 0 radical (unpaired) electrons. The molecular weight excluding hydrogens is 263 g/mol. The van der Waals surface area contributed by atoms with Crippen LogP contribution in [0.2, 0.25) is 5.02 Å². The maximum Gasteiger partial charge on any atom is 0.123 e. The Kier molecular flexibility index (Phi) is 3.93. The van der Waals surface area contributed by atoms with Gasteiger partial charge in [-0.05, 0) is 48.7 Å². The second-order valence-electron chi connectivity index (χ2n) is 5.00. The van der Waals surface area contributed by atoms with Crippen molar-refractivity contribution in [1.29, 1.82) is 0 Å². The van der Waals surface area contributed by atoms with E-state index in [1.807, 2.05) is 31.2 Å². The molecule has 1 atom stereocenters. The van der Waals surface area contributed by atoms with Crippen LogP contribution in [0.4, 0.5) is 4.39 Å². The van der Waals surface area contributed by atoms with Gasteiger partial charge in [0.1, 0.15) is 5.82 Å². The lowest BCUT2D eigenvalue weighted by Crippen LogP contribution is -2.25. The van der Waals surface area contributed by atoms with Crippen molar-refractivity contribution in [3.8, 4) is 0 Å². The molecule has 0 fully saturated rings. The normalized spacial score (nSPS) is 14.2. The number of halogens is 2. The summed E-state index contributed by atoms with van der Waals surface area (Å²) < 4.78 is 13.3. The lowest BCUT2D eigenvalue weighted by molar-refractivity contribution is 0.0569. The van der Waals surface area contributed by atoms with Gasteiger partial charge < -0.3 is 5.11 Å². The molecule has 0 spiro atoms. The first kappa shape index (κ1) is 14.0. The van der Waals surface area contributed by atoms with Gasteiger partial charge in [0.25, 0.3) is 0 Å². The van der Waals surface area contributed by atoms with Crippen LogP contribution in [0.25, 0.3) is 0 Å². The highest BCUT2D eigenvalue weighted by Crippen LogP contribution is 2.30. The van der Waals surface area contributed by atoms with Gasteiger partial charge in [-0.1, -0.05) is 35.9 Å². The summed E-state index contributed by atoms with van der Waals surface area (Å²) in [6.45, 7) is 3.66. The third-order valence-electron chi connectivity index (χ3n) is 3.27. The molecule has 100 valence electrons. The van der Waals surface area contributed by atoms with Gasteiger partial charge in [-0.3, -0.25) is 0 Å². The first-order valence-corrected chi connectivity index (χ1v) is 6.50. The van der Waals surface area contributed by atoms with Crippen LogP contribution in [0.15, 0.2) is 42.5 Å². The number of aliphatic hydroxyl groups is 1. The molecule has 2 aromatic carbocycles.